The summed E-state index contributed by atoms with van der Waals surface area (Å²) in [5.41, 5.74) is 4.36. The highest BCUT2D eigenvalue weighted by Gasteiger charge is 2.17. The van der Waals surface area contributed by atoms with Crippen molar-refractivity contribution in [1.82, 2.24) is 20.0 Å². The summed E-state index contributed by atoms with van der Waals surface area (Å²) in [7, 11) is -6.64. The van der Waals surface area contributed by atoms with Crippen molar-refractivity contribution >= 4 is 19.7 Å². The molecule has 278 valence electrons. The Labute approximate surface area is 315 Å². The highest BCUT2D eigenvalue weighted by Crippen LogP contribution is 2.31. The zero-order chi connectivity index (χ0) is 39.3. The van der Waals surface area contributed by atoms with Gasteiger partial charge in [-0.1, -0.05) is 78.9 Å². The van der Waals surface area contributed by atoms with E-state index in [1.807, 2.05) is 30.3 Å². The molecular formula is C41H32F2N4O6S2. The predicted molar refractivity (Wildman–Crippen MR) is 207 cm³/mol. The van der Waals surface area contributed by atoms with Crippen LogP contribution in [-0.4, -0.2) is 49.3 Å². The Morgan fingerprint density at radius 1 is 0.564 bits per heavy atom. The van der Waals surface area contributed by atoms with E-state index in [1.165, 1.54) is 71.5 Å². The Balaban J connectivity index is 0.000000193. The Morgan fingerprint density at radius 3 is 1.47 bits per heavy atom. The minimum absolute atomic E-state index is 0.185. The van der Waals surface area contributed by atoms with Crippen molar-refractivity contribution in [1.29, 1.82) is 0 Å². The van der Waals surface area contributed by atoms with Gasteiger partial charge >= 0.3 is 0 Å². The zero-order valence-corrected chi connectivity index (χ0v) is 31.0. The molecule has 5 aromatic carbocycles. The molecule has 0 aliphatic heterocycles. The van der Waals surface area contributed by atoms with Gasteiger partial charge in [-0.25, -0.2) is 35.4 Å². The fourth-order valence-electron chi connectivity index (χ4n) is 5.76. The smallest absolute Gasteiger partial charge is 0.267 e. The maximum Gasteiger partial charge on any atom is 0.275 e. The lowest BCUT2D eigenvalue weighted by Crippen LogP contribution is -2.25. The molecule has 0 saturated carbocycles. The molecule has 0 atom stereocenters. The van der Waals surface area contributed by atoms with E-state index in [0.29, 0.717) is 51.1 Å². The molecule has 0 saturated heterocycles. The molecular weight excluding hydrogens is 747 g/mol. The molecule has 55 heavy (non-hydrogen) atoms. The molecule has 0 unspecified atom stereocenters. The number of aromatic amines is 1. The number of hydrogen-bond acceptors (Lipinski definition) is 8. The average Bonchev–Trinajstić information content (AvgIpc) is 3.16. The first-order valence-corrected chi connectivity index (χ1v) is 20.3. The number of nitrogens with zero attached hydrogens (tertiary/aromatic N) is 3. The molecule has 2 aromatic heterocycles. The minimum Gasteiger partial charge on any atom is -0.267 e. The zero-order valence-electron chi connectivity index (χ0n) is 29.3. The Morgan fingerprint density at radius 2 is 1.00 bits per heavy atom. The van der Waals surface area contributed by atoms with E-state index in [2.05, 4.69) is 15.3 Å². The molecule has 0 amide bonds. The number of sulfone groups is 2. The van der Waals surface area contributed by atoms with Crippen LogP contribution in [-0.2, 0) is 26.2 Å². The van der Waals surface area contributed by atoms with Gasteiger partial charge in [-0.2, -0.15) is 10.2 Å². The quantitative estimate of drug-likeness (QED) is 0.177. The number of benzene rings is 5. The first kappa shape index (κ1) is 38.3. The Hall–Kier alpha value is -6.38. The van der Waals surface area contributed by atoms with Crippen molar-refractivity contribution in [2.75, 3.05) is 12.5 Å². The van der Waals surface area contributed by atoms with Crippen LogP contribution < -0.4 is 11.1 Å². The normalized spacial score (nSPS) is 11.4. The second-order valence-electron chi connectivity index (χ2n) is 12.5. The summed E-state index contributed by atoms with van der Waals surface area (Å²) in [6.07, 6.45) is 5.33. The Bertz CT molecular complexity index is 2810. The second-order valence-corrected chi connectivity index (χ2v) is 16.5. The molecule has 0 fully saturated rings. The number of rotatable bonds is 8. The number of aromatic nitrogens is 4. The van der Waals surface area contributed by atoms with Crippen LogP contribution in [0.3, 0.4) is 0 Å². The standard InChI is InChI=1S/C24H19FN2O3S.C17H13FN2O3S/c1-31(29,30)21-13-9-18(10-14-21)22-15-26-27(16-17-5-3-2-4-6-17)24(28)23(22)19-7-11-20(25)12-8-19;1-24(22,23)14-8-4-11(5-9-14)15-10-19-20-17(21)16(15)12-2-6-13(18)7-3-12/h2-15H,16H2,1H3;2-10H,1H3,(H,20,21). The fourth-order valence-corrected chi connectivity index (χ4v) is 7.02. The van der Waals surface area contributed by atoms with Gasteiger partial charge in [0.25, 0.3) is 11.1 Å². The van der Waals surface area contributed by atoms with Crippen molar-refractivity contribution in [2.45, 2.75) is 16.3 Å². The number of H-pyrrole nitrogens is 1. The second kappa shape index (κ2) is 15.9. The maximum atomic E-state index is 13.5. The summed E-state index contributed by atoms with van der Waals surface area (Å²) in [6, 6.07) is 33.2. The molecule has 14 heteroatoms. The van der Waals surface area contributed by atoms with Gasteiger partial charge in [-0.3, -0.25) is 9.59 Å². The van der Waals surface area contributed by atoms with Gasteiger partial charge in [0.15, 0.2) is 19.7 Å². The van der Waals surface area contributed by atoms with Crippen LogP contribution in [0.25, 0.3) is 44.5 Å². The highest BCUT2D eigenvalue weighted by atomic mass is 32.2. The summed E-state index contributed by atoms with van der Waals surface area (Å²) in [5.74, 6) is -0.801. The van der Waals surface area contributed by atoms with Gasteiger partial charge in [0, 0.05) is 23.6 Å². The fraction of sp³-hybridized carbons (Fsp3) is 0.0732. The molecule has 10 nitrogen and oxygen atoms in total. The van der Waals surface area contributed by atoms with Crippen LogP contribution in [0.4, 0.5) is 8.78 Å². The topological polar surface area (TPSA) is 149 Å². The van der Waals surface area contributed by atoms with Crippen LogP contribution in [0.5, 0.6) is 0 Å². The van der Waals surface area contributed by atoms with E-state index in [4.69, 9.17) is 0 Å². The van der Waals surface area contributed by atoms with Gasteiger partial charge in [-0.05, 0) is 76.3 Å². The first-order valence-electron chi connectivity index (χ1n) is 16.5. The van der Waals surface area contributed by atoms with Crippen molar-refractivity contribution in [3.8, 4) is 44.5 Å². The molecule has 0 aliphatic carbocycles. The van der Waals surface area contributed by atoms with Crippen LogP contribution in [0.2, 0.25) is 0 Å². The lowest BCUT2D eigenvalue weighted by Gasteiger charge is -2.13. The van der Waals surface area contributed by atoms with Crippen LogP contribution >= 0.6 is 0 Å². The lowest BCUT2D eigenvalue weighted by atomic mass is 9.97. The third-order valence-corrected chi connectivity index (χ3v) is 10.8. The summed E-state index contributed by atoms with van der Waals surface area (Å²) < 4.78 is 74.6. The molecule has 2 heterocycles. The van der Waals surface area contributed by atoms with E-state index < -0.39 is 36.9 Å². The van der Waals surface area contributed by atoms with Gasteiger partial charge in [0.1, 0.15) is 11.6 Å². The number of hydrogen-bond donors (Lipinski definition) is 1. The van der Waals surface area contributed by atoms with Crippen molar-refractivity contribution < 1.29 is 25.6 Å². The number of nitrogens with one attached hydrogen (secondary N) is 1. The highest BCUT2D eigenvalue weighted by molar-refractivity contribution is 7.91. The molecule has 0 spiro atoms. The third kappa shape index (κ3) is 9.05. The summed E-state index contributed by atoms with van der Waals surface area (Å²) in [6.45, 7) is 0.293. The van der Waals surface area contributed by atoms with E-state index >= 15 is 0 Å². The van der Waals surface area contributed by atoms with Crippen LogP contribution in [0, 0.1) is 11.6 Å². The predicted octanol–water partition coefficient (Wildman–Crippen LogP) is 6.81. The lowest BCUT2D eigenvalue weighted by molar-refractivity contribution is 0.600. The van der Waals surface area contributed by atoms with Crippen molar-refractivity contribution in [2.24, 2.45) is 0 Å². The summed E-state index contributed by atoms with van der Waals surface area (Å²) in [4.78, 5) is 26.0. The van der Waals surface area contributed by atoms with E-state index in [-0.39, 0.29) is 15.4 Å². The molecule has 0 bridgehead atoms. The monoisotopic (exact) mass is 778 g/mol. The van der Waals surface area contributed by atoms with Crippen molar-refractivity contribution in [3.05, 3.63) is 178 Å². The molecule has 0 radical (unpaired) electrons. The molecule has 7 rings (SSSR count). The van der Waals surface area contributed by atoms with Crippen LogP contribution in [0.1, 0.15) is 5.56 Å². The summed E-state index contributed by atoms with van der Waals surface area (Å²) in [5, 5.41) is 10.5. The first-order chi connectivity index (χ1) is 26.2. The van der Waals surface area contributed by atoms with E-state index in [1.54, 1.807) is 42.6 Å². The average molecular weight is 779 g/mol. The third-order valence-electron chi connectivity index (χ3n) is 8.53. The number of halogens is 2. The van der Waals surface area contributed by atoms with Gasteiger partial charge in [0.05, 0.1) is 39.9 Å². The summed E-state index contributed by atoms with van der Waals surface area (Å²) >= 11 is 0. The largest absolute Gasteiger partial charge is 0.275 e. The van der Waals surface area contributed by atoms with Gasteiger partial charge in [-0.15, -0.1) is 0 Å². The van der Waals surface area contributed by atoms with Crippen LogP contribution in [0.15, 0.2) is 159 Å². The molecule has 0 aliphatic rings. The van der Waals surface area contributed by atoms with E-state index in [9.17, 15) is 35.2 Å². The SMILES string of the molecule is CS(=O)(=O)c1ccc(-c2cn[nH]c(=O)c2-c2ccc(F)cc2)cc1.CS(=O)(=O)c1ccc(-c2cnn(Cc3ccccc3)c(=O)c2-c2ccc(F)cc2)cc1. The Kier molecular flexibility index (Phi) is 11.1. The van der Waals surface area contributed by atoms with Gasteiger partial charge < -0.3 is 0 Å². The molecule has 7 aromatic rings. The minimum atomic E-state index is -3.34. The molecule has 1 N–H and O–H groups in total. The van der Waals surface area contributed by atoms with Crippen molar-refractivity contribution in [3.63, 3.8) is 0 Å². The van der Waals surface area contributed by atoms with Gasteiger partial charge in [0.2, 0.25) is 0 Å². The van der Waals surface area contributed by atoms with E-state index in [0.717, 1.165) is 18.1 Å². The maximum absolute atomic E-state index is 13.5.